The lowest BCUT2D eigenvalue weighted by molar-refractivity contribution is -0.119. The van der Waals surface area contributed by atoms with Crippen molar-refractivity contribution in [2.24, 2.45) is 5.73 Å². The van der Waals surface area contributed by atoms with Gasteiger partial charge in [-0.05, 0) is 12.1 Å². The fourth-order valence-corrected chi connectivity index (χ4v) is 0.807. The Bertz CT molecular complexity index is 303. The lowest BCUT2D eigenvalue weighted by atomic mass is 10.3. The molecule has 1 rings (SSSR count). The highest BCUT2D eigenvalue weighted by Crippen LogP contribution is 1.98. The van der Waals surface area contributed by atoms with E-state index in [0.717, 1.165) is 0 Å². The van der Waals surface area contributed by atoms with Crippen LogP contribution < -0.4 is 11.1 Å². The highest BCUT2D eigenvalue weighted by atomic mass is 19.1. The molecule has 0 atom stereocenters. The molecule has 70 valence electrons. The number of pyridine rings is 1. The fourth-order valence-electron chi connectivity index (χ4n) is 0.807. The number of nitrogens with one attached hydrogen (secondary N) is 1. The van der Waals surface area contributed by atoms with Crippen LogP contribution in [0.15, 0.2) is 18.3 Å². The Labute approximate surface area is 75.0 Å². The monoisotopic (exact) mass is 183 g/mol. The Kier molecular flexibility index (Phi) is 3.33. The summed E-state index contributed by atoms with van der Waals surface area (Å²) in [6.07, 6.45) is 1.35. The summed E-state index contributed by atoms with van der Waals surface area (Å²) in [6.45, 7) is 0.128. The van der Waals surface area contributed by atoms with E-state index in [9.17, 15) is 9.18 Å². The predicted molar refractivity (Wildman–Crippen MR) is 45.1 cm³/mol. The molecule has 0 aliphatic rings. The topological polar surface area (TPSA) is 68.0 Å². The second-order valence-corrected chi connectivity index (χ2v) is 2.45. The maximum absolute atomic E-state index is 12.6. The number of nitrogens with zero attached hydrogens (tertiary/aromatic N) is 1. The molecule has 0 saturated heterocycles. The van der Waals surface area contributed by atoms with E-state index in [1.165, 1.54) is 18.3 Å². The third-order valence-electron chi connectivity index (χ3n) is 1.43. The smallest absolute Gasteiger partial charge is 0.234 e. The molecule has 5 heteroatoms. The van der Waals surface area contributed by atoms with Crippen molar-refractivity contribution in [2.75, 3.05) is 6.54 Å². The van der Waals surface area contributed by atoms with Crippen molar-refractivity contribution < 1.29 is 9.18 Å². The molecule has 0 aromatic carbocycles. The maximum atomic E-state index is 12.6. The first-order chi connectivity index (χ1) is 6.22. The van der Waals surface area contributed by atoms with E-state index in [4.69, 9.17) is 5.73 Å². The molecular weight excluding hydrogens is 173 g/mol. The summed E-state index contributed by atoms with van der Waals surface area (Å²) in [6, 6.07) is 2.51. The molecule has 0 bridgehead atoms. The second-order valence-electron chi connectivity index (χ2n) is 2.45. The Hall–Kier alpha value is -1.49. The summed E-state index contributed by atoms with van der Waals surface area (Å²) >= 11 is 0. The SMILES string of the molecule is NCC(=O)NCc1cc(F)ccn1. The number of rotatable bonds is 3. The average Bonchev–Trinajstić information content (AvgIpc) is 2.14. The molecule has 1 amide bonds. The van der Waals surface area contributed by atoms with Crippen molar-refractivity contribution in [1.29, 1.82) is 0 Å². The van der Waals surface area contributed by atoms with E-state index >= 15 is 0 Å². The van der Waals surface area contributed by atoms with Gasteiger partial charge in [-0.15, -0.1) is 0 Å². The van der Waals surface area contributed by atoms with Crippen molar-refractivity contribution in [3.05, 3.63) is 29.8 Å². The quantitative estimate of drug-likeness (QED) is 0.681. The highest BCUT2D eigenvalue weighted by Gasteiger charge is 1.99. The van der Waals surface area contributed by atoms with Gasteiger partial charge in [0.1, 0.15) is 5.82 Å². The van der Waals surface area contributed by atoms with Crippen molar-refractivity contribution in [3.63, 3.8) is 0 Å². The van der Waals surface area contributed by atoms with E-state index < -0.39 is 0 Å². The number of amides is 1. The summed E-state index contributed by atoms with van der Waals surface area (Å²) in [5.41, 5.74) is 5.53. The van der Waals surface area contributed by atoms with Gasteiger partial charge in [0.25, 0.3) is 0 Å². The van der Waals surface area contributed by atoms with Gasteiger partial charge in [-0.25, -0.2) is 4.39 Å². The van der Waals surface area contributed by atoms with Gasteiger partial charge in [-0.3, -0.25) is 9.78 Å². The van der Waals surface area contributed by atoms with Crippen LogP contribution in [0.3, 0.4) is 0 Å². The fraction of sp³-hybridized carbons (Fsp3) is 0.250. The number of aromatic nitrogens is 1. The lowest BCUT2D eigenvalue weighted by Gasteiger charge is -2.01. The normalized spacial score (nSPS) is 9.69. The molecular formula is C8H10FN3O. The molecule has 13 heavy (non-hydrogen) atoms. The first-order valence-electron chi connectivity index (χ1n) is 3.79. The van der Waals surface area contributed by atoms with E-state index in [0.29, 0.717) is 5.69 Å². The van der Waals surface area contributed by atoms with E-state index in [1.54, 1.807) is 0 Å². The average molecular weight is 183 g/mol. The van der Waals surface area contributed by atoms with Gasteiger partial charge in [0, 0.05) is 6.20 Å². The third-order valence-corrected chi connectivity index (χ3v) is 1.43. The Morgan fingerprint density at radius 3 is 3.08 bits per heavy atom. The van der Waals surface area contributed by atoms with Crippen LogP contribution in [0.1, 0.15) is 5.69 Å². The minimum atomic E-state index is -0.369. The zero-order valence-corrected chi connectivity index (χ0v) is 6.96. The van der Waals surface area contributed by atoms with Crippen LogP contribution in [-0.2, 0) is 11.3 Å². The number of carbonyl (C=O) groups excluding carboxylic acids is 1. The molecule has 1 aromatic rings. The first kappa shape index (κ1) is 9.60. The molecule has 0 spiro atoms. The van der Waals surface area contributed by atoms with Gasteiger partial charge in [0.05, 0.1) is 18.8 Å². The minimum absolute atomic E-state index is 0.0741. The van der Waals surface area contributed by atoms with Crippen molar-refractivity contribution in [3.8, 4) is 0 Å². The van der Waals surface area contributed by atoms with Crippen LogP contribution in [-0.4, -0.2) is 17.4 Å². The van der Waals surface area contributed by atoms with E-state index in [1.807, 2.05) is 0 Å². The highest BCUT2D eigenvalue weighted by molar-refractivity contribution is 5.77. The molecule has 0 unspecified atom stereocenters. The summed E-state index contributed by atoms with van der Waals surface area (Å²) < 4.78 is 12.6. The van der Waals surface area contributed by atoms with Crippen LogP contribution in [0, 0.1) is 5.82 Å². The van der Waals surface area contributed by atoms with Crippen molar-refractivity contribution in [2.45, 2.75) is 6.54 Å². The molecule has 4 nitrogen and oxygen atoms in total. The number of carbonyl (C=O) groups is 1. The molecule has 0 saturated carbocycles. The number of halogens is 1. The number of hydrogen-bond acceptors (Lipinski definition) is 3. The van der Waals surface area contributed by atoms with Crippen LogP contribution in [0.2, 0.25) is 0 Å². The molecule has 1 heterocycles. The summed E-state index contributed by atoms with van der Waals surface area (Å²) in [7, 11) is 0. The summed E-state index contributed by atoms with van der Waals surface area (Å²) in [5, 5.41) is 2.48. The van der Waals surface area contributed by atoms with Crippen molar-refractivity contribution in [1.82, 2.24) is 10.3 Å². The second kappa shape index (κ2) is 4.51. The van der Waals surface area contributed by atoms with Crippen molar-refractivity contribution >= 4 is 5.91 Å². The third kappa shape index (κ3) is 3.16. The van der Waals surface area contributed by atoms with Gasteiger partial charge in [0.2, 0.25) is 5.91 Å². The molecule has 3 N–H and O–H groups in total. The minimum Gasteiger partial charge on any atom is -0.349 e. The summed E-state index contributed by atoms with van der Waals surface area (Å²) in [4.78, 5) is 14.6. The standard InChI is InChI=1S/C8H10FN3O/c9-6-1-2-11-7(3-6)5-12-8(13)4-10/h1-3H,4-5,10H2,(H,12,13). The van der Waals surface area contributed by atoms with Crippen LogP contribution in [0.25, 0.3) is 0 Å². The summed E-state index contributed by atoms with van der Waals surface area (Å²) in [5.74, 6) is -0.655. The van der Waals surface area contributed by atoms with Crippen LogP contribution in [0.5, 0.6) is 0 Å². The molecule has 0 radical (unpaired) electrons. The number of hydrogen-bond donors (Lipinski definition) is 2. The van der Waals surface area contributed by atoms with E-state index in [-0.39, 0.29) is 24.8 Å². The van der Waals surface area contributed by atoms with Crippen LogP contribution in [0.4, 0.5) is 4.39 Å². The Morgan fingerprint density at radius 1 is 1.69 bits per heavy atom. The molecule has 1 aromatic heterocycles. The lowest BCUT2D eigenvalue weighted by Crippen LogP contribution is -2.29. The maximum Gasteiger partial charge on any atom is 0.234 e. The van der Waals surface area contributed by atoms with Gasteiger partial charge in [-0.1, -0.05) is 0 Å². The predicted octanol–water partition coefficient (Wildman–Crippen LogP) is -0.204. The first-order valence-corrected chi connectivity index (χ1v) is 3.79. The zero-order valence-electron chi connectivity index (χ0n) is 6.96. The van der Waals surface area contributed by atoms with Gasteiger partial charge < -0.3 is 11.1 Å². The van der Waals surface area contributed by atoms with Gasteiger partial charge in [-0.2, -0.15) is 0 Å². The van der Waals surface area contributed by atoms with Gasteiger partial charge in [0.15, 0.2) is 0 Å². The Balaban J connectivity index is 2.50. The van der Waals surface area contributed by atoms with Crippen LogP contribution >= 0.6 is 0 Å². The molecule has 0 aliphatic heterocycles. The number of nitrogens with two attached hydrogens (primary N) is 1. The van der Waals surface area contributed by atoms with E-state index in [2.05, 4.69) is 10.3 Å². The molecule has 0 aliphatic carbocycles. The Morgan fingerprint density at radius 2 is 2.46 bits per heavy atom. The largest absolute Gasteiger partial charge is 0.349 e. The zero-order chi connectivity index (χ0) is 9.68. The van der Waals surface area contributed by atoms with Gasteiger partial charge >= 0.3 is 0 Å². The molecule has 0 fully saturated rings.